The number of benzene rings is 3. The standard InChI is InChI=1S/C29H28N2O6/c1-5-36-26-16-20(6-11-25(26)37-17-21-13-18(2)12-19(3)14-21)15-24-27(32)30-29(34)31(28(24)33)22-7-9-23(35-4)10-8-22/h6-16H,5,17H2,1-4H3,(H,30,32,34)/b24-15+. The van der Waals surface area contributed by atoms with Crippen LogP contribution in [0.1, 0.15) is 29.2 Å². The van der Waals surface area contributed by atoms with Crippen molar-refractivity contribution in [1.82, 2.24) is 5.32 Å². The van der Waals surface area contributed by atoms with E-state index in [0.29, 0.717) is 41.7 Å². The number of hydrogen-bond donors (Lipinski definition) is 1. The van der Waals surface area contributed by atoms with Gasteiger partial charge in [-0.1, -0.05) is 35.4 Å². The average molecular weight is 501 g/mol. The number of aryl methyl sites for hydroxylation is 2. The first kappa shape index (κ1) is 25.5. The van der Waals surface area contributed by atoms with Crippen LogP contribution in [0.3, 0.4) is 0 Å². The molecule has 0 bridgehead atoms. The van der Waals surface area contributed by atoms with E-state index in [2.05, 4.69) is 23.5 Å². The summed E-state index contributed by atoms with van der Waals surface area (Å²) in [6, 6.07) is 17.0. The van der Waals surface area contributed by atoms with E-state index >= 15 is 0 Å². The summed E-state index contributed by atoms with van der Waals surface area (Å²) in [7, 11) is 1.52. The van der Waals surface area contributed by atoms with Gasteiger partial charge in [-0.05, 0) is 74.4 Å². The summed E-state index contributed by atoms with van der Waals surface area (Å²) < 4.78 is 16.9. The molecule has 1 heterocycles. The van der Waals surface area contributed by atoms with Gasteiger partial charge in [-0.25, -0.2) is 9.69 Å². The van der Waals surface area contributed by atoms with Gasteiger partial charge in [0.05, 0.1) is 19.4 Å². The summed E-state index contributed by atoms with van der Waals surface area (Å²) >= 11 is 0. The van der Waals surface area contributed by atoms with Crippen LogP contribution in [0.15, 0.2) is 66.2 Å². The Kier molecular flexibility index (Phi) is 7.57. The summed E-state index contributed by atoms with van der Waals surface area (Å²) in [5, 5.41) is 2.23. The van der Waals surface area contributed by atoms with Crippen molar-refractivity contribution < 1.29 is 28.6 Å². The highest BCUT2D eigenvalue weighted by Crippen LogP contribution is 2.31. The molecule has 8 heteroatoms. The molecule has 0 saturated carbocycles. The largest absolute Gasteiger partial charge is 0.497 e. The van der Waals surface area contributed by atoms with Crippen LogP contribution in [0, 0.1) is 13.8 Å². The molecule has 1 aliphatic rings. The Morgan fingerprint density at radius 1 is 0.865 bits per heavy atom. The molecule has 1 N–H and O–H groups in total. The van der Waals surface area contributed by atoms with E-state index in [9.17, 15) is 14.4 Å². The van der Waals surface area contributed by atoms with Gasteiger partial charge in [0, 0.05) is 0 Å². The van der Waals surface area contributed by atoms with Gasteiger partial charge in [-0.2, -0.15) is 0 Å². The van der Waals surface area contributed by atoms with E-state index in [1.54, 1.807) is 42.5 Å². The fourth-order valence-electron chi connectivity index (χ4n) is 4.11. The third-order valence-electron chi connectivity index (χ3n) is 5.69. The summed E-state index contributed by atoms with van der Waals surface area (Å²) in [6.45, 7) is 6.70. The molecule has 1 aliphatic heterocycles. The van der Waals surface area contributed by atoms with Gasteiger partial charge in [-0.15, -0.1) is 0 Å². The maximum absolute atomic E-state index is 13.2. The molecule has 1 saturated heterocycles. The van der Waals surface area contributed by atoms with Crippen LogP contribution in [-0.2, 0) is 16.2 Å². The van der Waals surface area contributed by atoms with Gasteiger partial charge < -0.3 is 14.2 Å². The fourth-order valence-corrected chi connectivity index (χ4v) is 4.11. The Morgan fingerprint density at radius 2 is 1.57 bits per heavy atom. The van der Waals surface area contributed by atoms with Crippen molar-refractivity contribution in [2.45, 2.75) is 27.4 Å². The minimum absolute atomic E-state index is 0.179. The van der Waals surface area contributed by atoms with Crippen molar-refractivity contribution in [3.05, 3.63) is 88.5 Å². The number of ether oxygens (including phenoxy) is 3. The highest BCUT2D eigenvalue weighted by atomic mass is 16.5. The second-order valence-corrected chi connectivity index (χ2v) is 8.58. The second kappa shape index (κ2) is 11.0. The minimum atomic E-state index is -0.817. The van der Waals surface area contributed by atoms with Crippen molar-refractivity contribution in [2.75, 3.05) is 18.6 Å². The van der Waals surface area contributed by atoms with Crippen LogP contribution < -0.4 is 24.4 Å². The smallest absolute Gasteiger partial charge is 0.335 e. The molecule has 3 aromatic rings. The first-order valence-electron chi connectivity index (χ1n) is 11.8. The molecule has 4 rings (SSSR count). The molecule has 0 aliphatic carbocycles. The third kappa shape index (κ3) is 5.81. The summed E-state index contributed by atoms with van der Waals surface area (Å²) in [6.07, 6.45) is 1.43. The van der Waals surface area contributed by atoms with Gasteiger partial charge in [0.2, 0.25) is 0 Å². The van der Waals surface area contributed by atoms with Crippen molar-refractivity contribution in [2.24, 2.45) is 0 Å². The van der Waals surface area contributed by atoms with E-state index < -0.39 is 17.8 Å². The molecule has 8 nitrogen and oxygen atoms in total. The fraction of sp³-hybridized carbons (Fsp3) is 0.207. The first-order chi connectivity index (χ1) is 17.8. The topological polar surface area (TPSA) is 94.2 Å². The number of imide groups is 2. The molecular formula is C29H28N2O6. The zero-order valence-electron chi connectivity index (χ0n) is 21.2. The zero-order chi connectivity index (χ0) is 26.5. The minimum Gasteiger partial charge on any atom is -0.497 e. The Hall–Kier alpha value is -4.59. The quantitative estimate of drug-likeness (QED) is 0.347. The van der Waals surface area contributed by atoms with E-state index in [1.165, 1.54) is 13.2 Å². The Bertz CT molecular complexity index is 1360. The first-order valence-corrected chi connectivity index (χ1v) is 11.8. The predicted molar refractivity (Wildman–Crippen MR) is 140 cm³/mol. The number of carbonyl (C=O) groups excluding carboxylic acids is 3. The molecule has 0 atom stereocenters. The summed E-state index contributed by atoms with van der Waals surface area (Å²) in [5.41, 5.74) is 4.03. The SMILES string of the molecule is CCOc1cc(/C=C2\C(=O)NC(=O)N(c3ccc(OC)cc3)C2=O)ccc1OCc1cc(C)cc(C)c1. The predicted octanol–water partition coefficient (Wildman–Crippen LogP) is 4.96. The maximum atomic E-state index is 13.2. The number of methoxy groups -OCH3 is 1. The Balaban J connectivity index is 1.60. The molecule has 3 aromatic carbocycles. The van der Waals surface area contributed by atoms with E-state index in [0.717, 1.165) is 21.6 Å². The number of urea groups is 1. The van der Waals surface area contributed by atoms with Crippen LogP contribution in [0.25, 0.3) is 6.08 Å². The lowest BCUT2D eigenvalue weighted by Gasteiger charge is -2.26. The van der Waals surface area contributed by atoms with E-state index in [4.69, 9.17) is 14.2 Å². The molecule has 0 radical (unpaired) electrons. The third-order valence-corrected chi connectivity index (χ3v) is 5.69. The Labute approximate surface area is 215 Å². The summed E-state index contributed by atoms with van der Waals surface area (Å²) in [5.74, 6) is 0.0919. The molecule has 190 valence electrons. The van der Waals surface area contributed by atoms with Crippen LogP contribution in [-0.4, -0.2) is 31.6 Å². The number of anilines is 1. The van der Waals surface area contributed by atoms with Crippen LogP contribution in [0.2, 0.25) is 0 Å². The number of nitrogens with zero attached hydrogens (tertiary/aromatic N) is 1. The van der Waals surface area contributed by atoms with Crippen LogP contribution in [0.5, 0.6) is 17.2 Å². The van der Waals surface area contributed by atoms with Crippen molar-refractivity contribution in [1.29, 1.82) is 0 Å². The highest BCUT2D eigenvalue weighted by Gasteiger charge is 2.36. The monoisotopic (exact) mass is 500 g/mol. The van der Waals surface area contributed by atoms with E-state index in [-0.39, 0.29) is 5.57 Å². The highest BCUT2D eigenvalue weighted by molar-refractivity contribution is 6.39. The zero-order valence-corrected chi connectivity index (χ0v) is 21.2. The lowest BCUT2D eigenvalue weighted by Crippen LogP contribution is -2.54. The van der Waals surface area contributed by atoms with Crippen LogP contribution in [0.4, 0.5) is 10.5 Å². The van der Waals surface area contributed by atoms with E-state index in [1.807, 2.05) is 20.8 Å². The lowest BCUT2D eigenvalue weighted by molar-refractivity contribution is -0.122. The maximum Gasteiger partial charge on any atom is 0.335 e. The number of rotatable bonds is 8. The average Bonchev–Trinajstić information content (AvgIpc) is 2.86. The van der Waals surface area contributed by atoms with Gasteiger partial charge in [0.1, 0.15) is 17.9 Å². The van der Waals surface area contributed by atoms with Crippen molar-refractivity contribution in [3.63, 3.8) is 0 Å². The number of amides is 4. The number of carbonyl (C=O) groups is 3. The number of barbiturate groups is 1. The number of hydrogen-bond acceptors (Lipinski definition) is 6. The molecule has 37 heavy (non-hydrogen) atoms. The normalized spacial score (nSPS) is 14.5. The second-order valence-electron chi connectivity index (χ2n) is 8.58. The number of nitrogens with one attached hydrogen (secondary N) is 1. The van der Waals surface area contributed by atoms with Gasteiger partial charge >= 0.3 is 6.03 Å². The molecule has 0 spiro atoms. The van der Waals surface area contributed by atoms with Crippen molar-refractivity contribution >= 4 is 29.6 Å². The van der Waals surface area contributed by atoms with Gasteiger partial charge in [-0.3, -0.25) is 14.9 Å². The Morgan fingerprint density at radius 3 is 2.22 bits per heavy atom. The van der Waals surface area contributed by atoms with Crippen LogP contribution >= 0.6 is 0 Å². The molecule has 4 amide bonds. The molecular weight excluding hydrogens is 472 g/mol. The van der Waals surface area contributed by atoms with Crippen molar-refractivity contribution in [3.8, 4) is 17.2 Å². The molecule has 0 unspecified atom stereocenters. The molecule has 0 aromatic heterocycles. The van der Waals surface area contributed by atoms with Gasteiger partial charge in [0.25, 0.3) is 11.8 Å². The van der Waals surface area contributed by atoms with Gasteiger partial charge in [0.15, 0.2) is 11.5 Å². The summed E-state index contributed by atoms with van der Waals surface area (Å²) in [4.78, 5) is 39.1. The molecule has 1 fully saturated rings. The lowest BCUT2D eigenvalue weighted by atomic mass is 10.1.